The minimum Gasteiger partial charge on any atom is -0.391 e. The SMILES string of the molecule is O=C(CN1C(=O)[C@H]2C[C@@H](O)CN2C(=O)c2ccccc21)Nc1ccc(Br)cc1. The minimum absolute atomic E-state index is 0.114. The maximum absolute atomic E-state index is 13.1. The van der Waals surface area contributed by atoms with Crippen LogP contribution in [0, 0.1) is 0 Å². The van der Waals surface area contributed by atoms with Gasteiger partial charge in [-0.25, -0.2) is 0 Å². The number of halogens is 1. The molecule has 1 saturated heterocycles. The molecular weight excluding hydrogens is 426 g/mol. The highest BCUT2D eigenvalue weighted by atomic mass is 79.9. The number of benzene rings is 2. The van der Waals surface area contributed by atoms with E-state index < -0.39 is 12.1 Å². The number of carbonyl (C=O) groups is 3. The summed E-state index contributed by atoms with van der Waals surface area (Å²) in [6, 6.07) is 13.1. The average molecular weight is 444 g/mol. The Morgan fingerprint density at radius 3 is 2.61 bits per heavy atom. The van der Waals surface area contributed by atoms with Crippen LogP contribution >= 0.6 is 15.9 Å². The number of hydrogen-bond acceptors (Lipinski definition) is 4. The largest absolute Gasteiger partial charge is 0.391 e. The van der Waals surface area contributed by atoms with Crippen molar-refractivity contribution in [2.24, 2.45) is 0 Å². The molecule has 3 amide bonds. The number of aliphatic hydroxyl groups is 1. The molecule has 0 aliphatic carbocycles. The Morgan fingerprint density at radius 2 is 1.86 bits per heavy atom. The number of anilines is 2. The monoisotopic (exact) mass is 443 g/mol. The zero-order valence-electron chi connectivity index (χ0n) is 14.8. The number of hydrogen-bond donors (Lipinski definition) is 2. The molecule has 144 valence electrons. The Balaban J connectivity index is 1.63. The van der Waals surface area contributed by atoms with Crippen LogP contribution < -0.4 is 10.2 Å². The molecular formula is C20H18BrN3O4. The summed E-state index contributed by atoms with van der Waals surface area (Å²) in [5.41, 5.74) is 1.37. The van der Waals surface area contributed by atoms with Gasteiger partial charge in [-0.1, -0.05) is 28.1 Å². The van der Waals surface area contributed by atoms with Crippen molar-refractivity contribution in [3.63, 3.8) is 0 Å². The molecule has 0 radical (unpaired) electrons. The van der Waals surface area contributed by atoms with E-state index in [1.165, 1.54) is 9.80 Å². The number of aliphatic hydroxyl groups excluding tert-OH is 1. The van der Waals surface area contributed by atoms with Crippen LogP contribution in [-0.4, -0.2) is 53.0 Å². The maximum Gasteiger partial charge on any atom is 0.256 e. The van der Waals surface area contributed by atoms with Crippen LogP contribution in [0.2, 0.25) is 0 Å². The molecule has 2 aromatic carbocycles. The highest BCUT2D eigenvalue weighted by Crippen LogP contribution is 2.32. The summed E-state index contributed by atoms with van der Waals surface area (Å²) < 4.78 is 0.889. The van der Waals surface area contributed by atoms with Gasteiger partial charge < -0.3 is 20.2 Å². The predicted molar refractivity (Wildman–Crippen MR) is 107 cm³/mol. The van der Waals surface area contributed by atoms with Crippen LogP contribution in [0.5, 0.6) is 0 Å². The summed E-state index contributed by atoms with van der Waals surface area (Å²) in [6.07, 6.45) is -0.578. The standard InChI is InChI=1S/C20H18BrN3O4/c21-12-5-7-13(8-6-12)22-18(26)11-24-16-4-2-1-3-15(16)19(27)23-10-14(25)9-17(23)20(24)28/h1-8,14,17,25H,9-11H2,(H,22,26)/t14-,17-/m1/s1. The second-order valence-electron chi connectivity index (χ2n) is 6.86. The Hall–Kier alpha value is -2.71. The first kappa shape index (κ1) is 18.6. The molecule has 0 spiro atoms. The Kier molecular flexibility index (Phi) is 4.91. The molecule has 1 fully saturated rings. The molecule has 4 rings (SSSR count). The summed E-state index contributed by atoms with van der Waals surface area (Å²) in [7, 11) is 0. The van der Waals surface area contributed by atoms with Gasteiger partial charge in [-0.2, -0.15) is 0 Å². The fourth-order valence-corrected chi connectivity index (χ4v) is 3.92. The average Bonchev–Trinajstić information content (AvgIpc) is 3.05. The lowest BCUT2D eigenvalue weighted by Crippen LogP contribution is -2.47. The quantitative estimate of drug-likeness (QED) is 0.758. The van der Waals surface area contributed by atoms with Gasteiger partial charge in [0.25, 0.3) is 5.91 Å². The molecule has 2 aromatic rings. The third-order valence-corrected chi connectivity index (χ3v) is 5.47. The molecule has 0 unspecified atom stereocenters. The lowest BCUT2D eigenvalue weighted by Gasteiger charge is -2.25. The summed E-state index contributed by atoms with van der Waals surface area (Å²) in [5, 5.41) is 12.7. The number of nitrogens with zero attached hydrogens (tertiary/aromatic N) is 2. The van der Waals surface area contributed by atoms with Crippen LogP contribution in [0.4, 0.5) is 11.4 Å². The van der Waals surface area contributed by atoms with Gasteiger partial charge in [0.15, 0.2) is 0 Å². The van der Waals surface area contributed by atoms with Gasteiger partial charge >= 0.3 is 0 Å². The predicted octanol–water partition coefficient (Wildman–Crippen LogP) is 2.01. The molecule has 2 atom stereocenters. The van der Waals surface area contributed by atoms with Crippen molar-refractivity contribution in [1.29, 1.82) is 0 Å². The van der Waals surface area contributed by atoms with Crippen molar-refractivity contribution in [3.8, 4) is 0 Å². The third-order valence-electron chi connectivity index (χ3n) is 4.95. The molecule has 2 N–H and O–H groups in total. The fourth-order valence-electron chi connectivity index (χ4n) is 3.66. The fraction of sp³-hybridized carbons (Fsp3) is 0.250. The second-order valence-corrected chi connectivity index (χ2v) is 7.78. The summed E-state index contributed by atoms with van der Waals surface area (Å²) >= 11 is 3.34. The first-order chi connectivity index (χ1) is 13.4. The van der Waals surface area contributed by atoms with E-state index >= 15 is 0 Å². The van der Waals surface area contributed by atoms with Gasteiger partial charge in [0, 0.05) is 23.1 Å². The van der Waals surface area contributed by atoms with E-state index in [0.717, 1.165) is 4.47 Å². The summed E-state index contributed by atoms with van der Waals surface area (Å²) in [5.74, 6) is -1.04. The van der Waals surface area contributed by atoms with E-state index in [9.17, 15) is 19.5 Å². The molecule has 7 nitrogen and oxygen atoms in total. The first-order valence-corrected chi connectivity index (χ1v) is 9.68. The van der Waals surface area contributed by atoms with Crippen molar-refractivity contribution < 1.29 is 19.5 Å². The number of amides is 3. The van der Waals surface area contributed by atoms with E-state index in [2.05, 4.69) is 21.2 Å². The van der Waals surface area contributed by atoms with E-state index in [0.29, 0.717) is 16.9 Å². The van der Waals surface area contributed by atoms with Gasteiger partial charge in [0.05, 0.1) is 17.4 Å². The van der Waals surface area contributed by atoms with E-state index in [1.807, 2.05) is 0 Å². The van der Waals surface area contributed by atoms with Gasteiger partial charge in [-0.3, -0.25) is 14.4 Å². The Morgan fingerprint density at radius 1 is 1.14 bits per heavy atom. The number of carbonyl (C=O) groups excluding carboxylic acids is 3. The lowest BCUT2D eigenvalue weighted by atomic mass is 10.1. The smallest absolute Gasteiger partial charge is 0.256 e. The zero-order chi connectivity index (χ0) is 19.8. The summed E-state index contributed by atoms with van der Waals surface area (Å²) in [6.45, 7) is -0.109. The van der Waals surface area contributed by atoms with E-state index in [-0.39, 0.29) is 37.2 Å². The van der Waals surface area contributed by atoms with Crippen molar-refractivity contribution in [3.05, 3.63) is 58.6 Å². The number of rotatable bonds is 3. The topological polar surface area (TPSA) is 90.0 Å². The van der Waals surface area contributed by atoms with Gasteiger partial charge in [-0.05, 0) is 36.4 Å². The molecule has 2 aliphatic heterocycles. The van der Waals surface area contributed by atoms with Crippen molar-refractivity contribution in [2.45, 2.75) is 18.6 Å². The van der Waals surface area contributed by atoms with Crippen molar-refractivity contribution >= 4 is 45.0 Å². The minimum atomic E-state index is -0.768. The van der Waals surface area contributed by atoms with Gasteiger partial charge in [0.1, 0.15) is 12.6 Å². The molecule has 28 heavy (non-hydrogen) atoms. The van der Waals surface area contributed by atoms with Crippen molar-refractivity contribution in [1.82, 2.24) is 4.90 Å². The van der Waals surface area contributed by atoms with E-state index in [1.54, 1.807) is 48.5 Å². The number of para-hydroxylation sites is 1. The Bertz CT molecular complexity index is 947. The summed E-state index contributed by atoms with van der Waals surface area (Å²) in [4.78, 5) is 41.4. The highest BCUT2D eigenvalue weighted by Gasteiger charge is 2.45. The molecule has 2 heterocycles. The molecule has 0 saturated carbocycles. The van der Waals surface area contributed by atoms with Crippen LogP contribution in [0.25, 0.3) is 0 Å². The van der Waals surface area contributed by atoms with Crippen LogP contribution in [0.1, 0.15) is 16.8 Å². The van der Waals surface area contributed by atoms with Crippen LogP contribution in [0.15, 0.2) is 53.0 Å². The van der Waals surface area contributed by atoms with Crippen molar-refractivity contribution in [2.75, 3.05) is 23.3 Å². The third kappa shape index (κ3) is 3.41. The second kappa shape index (κ2) is 7.37. The van der Waals surface area contributed by atoms with Crippen LogP contribution in [-0.2, 0) is 9.59 Å². The zero-order valence-corrected chi connectivity index (χ0v) is 16.4. The maximum atomic E-state index is 13.1. The van der Waals surface area contributed by atoms with E-state index in [4.69, 9.17) is 0 Å². The lowest BCUT2D eigenvalue weighted by molar-refractivity contribution is -0.124. The first-order valence-electron chi connectivity index (χ1n) is 8.89. The number of fused-ring (bicyclic) bond motifs is 2. The van der Waals surface area contributed by atoms with Gasteiger partial charge in [-0.15, -0.1) is 0 Å². The molecule has 0 aromatic heterocycles. The molecule has 8 heteroatoms. The number of nitrogens with one attached hydrogen (secondary N) is 1. The highest BCUT2D eigenvalue weighted by molar-refractivity contribution is 9.10. The van der Waals surface area contributed by atoms with Gasteiger partial charge in [0.2, 0.25) is 11.8 Å². The normalized spacial score (nSPS) is 21.2. The Labute approximate surface area is 170 Å². The van der Waals surface area contributed by atoms with Crippen LogP contribution in [0.3, 0.4) is 0 Å². The molecule has 0 bridgehead atoms. The molecule has 2 aliphatic rings.